The van der Waals surface area contributed by atoms with Crippen LogP contribution in [0.2, 0.25) is 10.0 Å². The van der Waals surface area contributed by atoms with Crippen LogP contribution >= 0.6 is 23.2 Å². The van der Waals surface area contributed by atoms with Crippen molar-refractivity contribution in [3.8, 4) is 11.5 Å². The van der Waals surface area contributed by atoms with Gasteiger partial charge in [0, 0.05) is 12.3 Å². The molecule has 0 bridgehead atoms. The van der Waals surface area contributed by atoms with Gasteiger partial charge in [-0.1, -0.05) is 29.3 Å². The maximum Gasteiger partial charge on any atom is 0.331 e. The summed E-state index contributed by atoms with van der Waals surface area (Å²) in [6.07, 6.45) is 4.06. The van der Waals surface area contributed by atoms with Gasteiger partial charge < -0.3 is 19.5 Å². The summed E-state index contributed by atoms with van der Waals surface area (Å²) >= 11 is 11.6. The van der Waals surface area contributed by atoms with Gasteiger partial charge in [-0.25, -0.2) is 9.78 Å². The van der Waals surface area contributed by atoms with E-state index in [0.29, 0.717) is 22.1 Å². The van der Waals surface area contributed by atoms with E-state index in [1.807, 2.05) is 0 Å². The highest BCUT2D eigenvalue weighted by Gasteiger charge is 2.10. The second kappa shape index (κ2) is 9.80. The Labute approximate surface area is 165 Å². The van der Waals surface area contributed by atoms with Crippen LogP contribution in [-0.2, 0) is 14.3 Å². The van der Waals surface area contributed by atoms with Gasteiger partial charge in [0.2, 0.25) is 0 Å². The van der Waals surface area contributed by atoms with Crippen molar-refractivity contribution in [2.75, 3.05) is 26.1 Å². The lowest BCUT2D eigenvalue weighted by molar-refractivity contribution is -0.142. The van der Waals surface area contributed by atoms with E-state index in [1.165, 1.54) is 38.6 Å². The van der Waals surface area contributed by atoms with E-state index in [0.717, 1.165) is 0 Å². The molecule has 9 heteroatoms. The van der Waals surface area contributed by atoms with Crippen LogP contribution in [0, 0.1) is 0 Å². The summed E-state index contributed by atoms with van der Waals surface area (Å²) < 4.78 is 15.2. The number of anilines is 1. The smallest absolute Gasteiger partial charge is 0.331 e. The van der Waals surface area contributed by atoms with Crippen LogP contribution in [0.5, 0.6) is 11.5 Å². The highest BCUT2D eigenvalue weighted by atomic mass is 35.5. The molecule has 0 radical (unpaired) electrons. The number of nitrogens with zero attached hydrogens (tertiary/aromatic N) is 1. The fourth-order valence-corrected chi connectivity index (χ4v) is 2.41. The van der Waals surface area contributed by atoms with Crippen molar-refractivity contribution < 1.29 is 23.8 Å². The maximum atomic E-state index is 11.8. The van der Waals surface area contributed by atoms with Gasteiger partial charge in [0.1, 0.15) is 0 Å². The summed E-state index contributed by atoms with van der Waals surface area (Å²) in [5.74, 6) is -0.0409. The zero-order valence-corrected chi connectivity index (χ0v) is 16.0. The second-order valence-electron chi connectivity index (χ2n) is 5.09. The number of hydrogen-bond donors (Lipinski definition) is 1. The van der Waals surface area contributed by atoms with Crippen LogP contribution < -0.4 is 14.8 Å². The number of carbonyl (C=O) groups is 2. The Morgan fingerprint density at radius 3 is 2.56 bits per heavy atom. The largest absolute Gasteiger partial charge is 0.493 e. The molecule has 1 aromatic heterocycles. The number of carbonyl (C=O) groups excluding carboxylic acids is 2. The van der Waals surface area contributed by atoms with Crippen LogP contribution in [0.4, 0.5) is 5.82 Å². The summed E-state index contributed by atoms with van der Waals surface area (Å²) in [5, 5.41) is 2.94. The minimum absolute atomic E-state index is 0.128. The van der Waals surface area contributed by atoms with E-state index in [1.54, 1.807) is 18.2 Å². The first-order valence-corrected chi connectivity index (χ1v) is 8.36. The molecule has 0 spiro atoms. The highest BCUT2D eigenvalue weighted by molar-refractivity contribution is 6.36. The molecule has 0 aliphatic rings. The molecule has 0 unspecified atom stereocenters. The first-order valence-electron chi connectivity index (χ1n) is 7.60. The summed E-state index contributed by atoms with van der Waals surface area (Å²) in [6.45, 7) is -0.490. The number of ether oxygens (including phenoxy) is 3. The third-order valence-electron chi connectivity index (χ3n) is 3.23. The lowest BCUT2D eigenvalue weighted by Gasteiger charge is -2.07. The summed E-state index contributed by atoms with van der Waals surface area (Å²) in [7, 11) is 3.04. The van der Waals surface area contributed by atoms with Gasteiger partial charge in [-0.3, -0.25) is 4.79 Å². The molecule has 0 saturated heterocycles. The van der Waals surface area contributed by atoms with E-state index in [9.17, 15) is 9.59 Å². The number of amides is 1. The quantitative estimate of drug-likeness (QED) is 0.554. The SMILES string of the molecule is COc1ccc(/C=C/C(=O)OCC(=O)Nc2ncc(Cl)cc2Cl)cc1OC. The Morgan fingerprint density at radius 1 is 1.15 bits per heavy atom. The van der Waals surface area contributed by atoms with Crippen LogP contribution in [0.25, 0.3) is 6.08 Å². The van der Waals surface area contributed by atoms with Crippen molar-refractivity contribution in [3.05, 3.63) is 52.1 Å². The number of esters is 1. The Bertz CT molecular complexity index is 871. The first kappa shape index (κ1) is 20.5. The van der Waals surface area contributed by atoms with Gasteiger partial charge in [-0.15, -0.1) is 0 Å². The molecule has 0 aliphatic carbocycles. The average molecular weight is 411 g/mol. The van der Waals surface area contributed by atoms with Crippen molar-refractivity contribution in [2.45, 2.75) is 0 Å². The Hall–Kier alpha value is -2.77. The van der Waals surface area contributed by atoms with Gasteiger partial charge in [0.05, 0.1) is 24.3 Å². The molecular weight excluding hydrogens is 395 g/mol. The average Bonchev–Trinajstić information content (AvgIpc) is 2.66. The Morgan fingerprint density at radius 2 is 1.89 bits per heavy atom. The number of methoxy groups -OCH3 is 2. The standard InChI is InChI=1S/C18H16Cl2N2O5/c1-25-14-5-3-11(7-15(14)26-2)4-6-17(24)27-10-16(23)22-18-13(20)8-12(19)9-21-18/h3-9H,10H2,1-2H3,(H,21,22,23)/b6-4+. The molecule has 1 amide bonds. The number of aromatic nitrogens is 1. The molecule has 1 aromatic carbocycles. The van der Waals surface area contributed by atoms with E-state index in [2.05, 4.69) is 10.3 Å². The maximum absolute atomic E-state index is 11.8. The van der Waals surface area contributed by atoms with Crippen molar-refractivity contribution in [1.82, 2.24) is 4.98 Å². The van der Waals surface area contributed by atoms with Gasteiger partial charge >= 0.3 is 5.97 Å². The Kier molecular flexibility index (Phi) is 7.45. The summed E-state index contributed by atoms with van der Waals surface area (Å²) in [4.78, 5) is 27.4. The number of rotatable bonds is 7. The highest BCUT2D eigenvalue weighted by Crippen LogP contribution is 2.28. The first-order chi connectivity index (χ1) is 12.9. The number of benzene rings is 1. The number of nitrogens with one attached hydrogen (secondary N) is 1. The minimum atomic E-state index is -0.685. The molecule has 0 atom stereocenters. The zero-order chi connectivity index (χ0) is 19.8. The molecule has 0 fully saturated rings. The van der Waals surface area contributed by atoms with E-state index in [4.69, 9.17) is 37.4 Å². The van der Waals surface area contributed by atoms with E-state index < -0.39 is 18.5 Å². The molecule has 27 heavy (non-hydrogen) atoms. The predicted octanol–water partition coefficient (Wildman–Crippen LogP) is 3.60. The second-order valence-corrected chi connectivity index (χ2v) is 5.93. The number of halogens is 2. The fraction of sp³-hybridized carbons (Fsp3) is 0.167. The lowest BCUT2D eigenvalue weighted by atomic mass is 10.2. The summed E-state index contributed by atoms with van der Waals surface area (Å²) in [5.41, 5.74) is 0.700. The summed E-state index contributed by atoms with van der Waals surface area (Å²) in [6, 6.07) is 6.58. The molecule has 2 rings (SSSR count). The molecule has 1 N–H and O–H groups in total. The van der Waals surface area contributed by atoms with Crippen LogP contribution in [0.3, 0.4) is 0 Å². The van der Waals surface area contributed by atoms with Crippen molar-refractivity contribution in [1.29, 1.82) is 0 Å². The molecule has 0 aliphatic heterocycles. The predicted molar refractivity (Wildman–Crippen MR) is 102 cm³/mol. The molecule has 1 heterocycles. The number of hydrogen-bond acceptors (Lipinski definition) is 6. The molecule has 7 nitrogen and oxygen atoms in total. The van der Waals surface area contributed by atoms with Crippen molar-refractivity contribution in [2.24, 2.45) is 0 Å². The van der Waals surface area contributed by atoms with Crippen molar-refractivity contribution >= 4 is 47.0 Å². The lowest BCUT2D eigenvalue weighted by Crippen LogP contribution is -2.20. The normalized spacial score (nSPS) is 10.5. The van der Waals surface area contributed by atoms with Crippen LogP contribution in [-0.4, -0.2) is 37.7 Å². The molecule has 142 valence electrons. The third-order valence-corrected chi connectivity index (χ3v) is 3.73. The fourth-order valence-electron chi connectivity index (χ4n) is 1.98. The molecule has 2 aromatic rings. The zero-order valence-electron chi connectivity index (χ0n) is 14.5. The Balaban J connectivity index is 1.88. The molecule has 0 saturated carbocycles. The van der Waals surface area contributed by atoms with Gasteiger partial charge in [-0.05, 0) is 29.8 Å². The van der Waals surface area contributed by atoms with Gasteiger partial charge in [0.25, 0.3) is 5.91 Å². The minimum Gasteiger partial charge on any atom is -0.493 e. The van der Waals surface area contributed by atoms with E-state index >= 15 is 0 Å². The number of pyridine rings is 1. The van der Waals surface area contributed by atoms with Crippen LogP contribution in [0.15, 0.2) is 36.5 Å². The topological polar surface area (TPSA) is 86.8 Å². The monoisotopic (exact) mass is 410 g/mol. The molecular formula is C18H16Cl2N2O5. The van der Waals surface area contributed by atoms with Crippen LogP contribution in [0.1, 0.15) is 5.56 Å². The third kappa shape index (κ3) is 6.16. The van der Waals surface area contributed by atoms with Gasteiger partial charge in [-0.2, -0.15) is 0 Å². The van der Waals surface area contributed by atoms with E-state index in [-0.39, 0.29) is 10.8 Å². The van der Waals surface area contributed by atoms with Gasteiger partial charge in [0.15, 0.2) is 23.9 Å². The van der Waals surface area contributed by atoms with Crippen molar-refractivity contribution in [3.63, 3.8) is 0 Å².